The Labute approximate surface area is 319 Å². The van der Waals surface area contributed by atoms with Gasteiger partial charge in [0.05, 0.1) is 13.2 Å². The van der Waals surface area contributed by atoms with Gasteiger partial charge in [-0.05, 0) is 44.9 Å². The molecule has 0 heterocycles. The van der Waals surface area contributed by atoms with E-state index >= 15 is 0 Å². The molecule has 0 aromatic rings. The van der Waals surface area contributed by atoms with Crippen molar-refractivity contribution in [1.29, 1.82) is 0 Å². The van der Waals surface area contributed by atoms with Gasteiger partial charge in [-0.25, -0.2) is 0 Å². The summed E-state index contributed by atoms with van der Waals surface area (Å²) in [7, 11) is 0. The van der Waals surface area contributed by atoms with E-state index in [1.54, 1.807) is 0 Å². The molecule has 0 saturated heterocycles. The summed E-state index contributed by atoms with van der Waals surface area (Å²) in [5.41, 5.74) is 0. The molecule has 1 atom stereocenters. The fourth-order valence-corrected chi connectivity index (χ4v) is 6.64. The molecule has 0 fully saturated rings. The van der Waals surface area contributed by atoms with E-state index in [1.165, 1.54) is 167 Å². The Kier molecular flexibility index (Phi) is 43.5. The first kappa shape index (κ1) is 49.6. The second-order valence-electron chi connectivity index (χ2n) is 15.1. The normalized spacial score (nSPS) is 12.6. The number of unbranched alkanes of at least 4 members (excludes halogenated alkanes) is 28. The highest BCUT2D eigenvalue weighted by molar-refractivity contribution is 5.69. The molecule has 0 aromatic carbocycles. The zero-order valence-electron chi connectivity index (χ0n) is 34.4. The van der Waals surface area contributed by atoms with Gasteiger partial charge < -0.3 is 14.6 Å². The first-order chi connectivity index (χ1) is 25.2. The SMILES string of the molecule is CC/C=C\C/C=C\C/C=C\CCCCCCCCOCC(CO)OC(=O)CCCCCCCCCCCCCCCCCCCCCCCCC. The molecule has 0 spiro atoms. The first-order valence-corrected chi connectivity index (χ1v) is 22.6. The largest absolute Gasteiger partial charge is 0.457 e. The maximum Gasteiger partial charge on any atom is 0.306 e. The molecule has 0 aliphatic rings. The molecular weight excluding hydrogens is 629 g/mol. The van der Waals surface area contributed by atoms with Crippen molar-refractivity contribution in [3.8, 4) is 0 Å². The third kappa shape index (κ3) is 42.9. The van der Waals surface area contributed by atoms with E-state index < -0.39 is 6.10 Å². The Bertz CT molecular complexity index is 757. The van der Waals surface area contributed by atoms with Crippen molar-refractivity contribution in [2.75, 3.05) is 19.8 Å². The molecule has 0 amide bonds. The second-order valence-corrected chi connectivity index (χ2v) is 15.1. The molecule has 4 heteroatoms. The number of rotatable bonds is 42. The molecule has 4 nitrogen and oxygen atoms in total. The number of esters is 1. The first-order valence-electron chi connectivity index (χ1n) is 22.6. The summed E-state index contributed by atoms with van der Waals surface area (Å²) in [6.45, 7) is 5.24. The lowest BCUT2D eigenvalue weighted by Gasteiger charge is -2.15. The minimum atomic E-state index is -0.538. The van der Waals surface area contributed by atoms with Crippen molar-refractivity contribution in [3.63, 3.8) is 0 Å². The molecule has 1 N–H and O–H groups in total. The molecule has 1 unspecified atom stereocenters. The average molecular weight is 717 g/mol. The summed E-state index contributed by atoms with van der Waals surface area (Å²) >= 11 is 0. The van der Waals surface area contributed by atoms with Crippen molar-refractivity contribution in [2.24, 2.45) is 0 Å². The zero-order chi connectivity index (χ0) is 37.0. The summed E-state index contributed by atoms with van der Waals surface area (Å²) < 4.78 is 11.2. The molecule has 0 aliphatic carbocycles. The quantitative estimate of drug-likeness (QED) is 0.0388. The number of carbonyl (C=O) groups excluding carboxylic acids is 1. The third-order valence-electron chi connectivity index (χ3n) is 9.98. The van der Waals surface area contributed by atoms with Crippen LogP contribution >= 0.6 is 0 Å². The molecule has 300 valence electrons. The van der Waals surface area contributed by atoms with Crippen LogP contribution in [0.3, 0.4) is 0 Å². The maximum absolute atomic E-state index is 12.2. The molecule has 51 heavy (non-hydrogen) atoms. The Morgan fingerprint density at radius 3 is 1.33 bits per heavy atom. The van der Waals surface area contributed by atoms with Gasteiger partial charge in [-0.1, -0.05) is 217 Å². The minimum absolute atomic E-state index is 0.174. The number of hydrogen-bond donors (Lipinski definition) is 1. The summed E-state index contributed by atoms with van der Waals surface area (Å²) in [6, 6.07) is 0. The summed E-state index contributed by atoms with van der Waals surface area (Å²) in [5, 5.41) is 9.61. The number of aliphatic hydroxyl groups excluding tert-OH is 1. The second kappa shape index (κ2) is 44.8. The van der Waals surface area contributed by atoms with Crippen LogP contribution in [0, 0.1) is 0 Å². The molecule has 0 aromatic heterocycles. The van der Waals surface area contributed by atoms with Crippen molar-refractivity contribution >= 4 is 5.97 Å². The van der Waals surface area contributed by atoms with Crippen LogP contribution in [0.1, 0.15) is 232 Å². The van der Waals surface area contributed by atoms with Gasteiger partial charge in [0.15, 0.2) is 0 Å². The Morgan fingerprint density at radius 2 is 0.882 bits per heavy atom. The van der Waals surface area contributed by atoms with Gasteiger partial charge in [0.1, 0.15) is 6.10 Å². The lowest BCUT2D eigenvalue weighted by molar-refractivity contribution is -0.154. The maximum atomic E-state index is 12.2. The minimum Gasteiger partial charge on any atom is -0.457 e. The smallest absolute Gasteiger partial charge is 0.306 e. The number of ether oxygens (including phenoxy) is 2. The highest BCUT2D eigenvalue weighted by Gasteiger charge is 2.13. The lowest BCUT2D eigenvalue weighted by atomic mass is 10.0. The van der Waals surface area contributed by atoms with Gasteiger partial charge >= 0.3 is 5.97 Å². The van der Waals surface area contributed by atoms with Crippen molar-refractivity contribution < 1.29 is 19.4 Å². The monoisotopic (exact) mass is 717 g/mol. The number of aliphatic hydroxyl groups is 1. The third-order valence-corrected chi connectivity index (χ3v) is 9.98. The van der Waals surface area contributed by atoms with E-state index in [2.05, 4.69) is 50.3 Å². The summed E-state index contributed by atoms with van der Waals surface area (Å²) in [5.74, 6) is -0.202. The van der Waals surface area contributed by atoms with Crippen molar-refractivity contribution in [2.45, 2.75) is 238 Å². The number of carbonyl (C=O) groups is 1. The molecular formula is C47H88O4. The molecule has 0 rings (SSSR count). The fourth-order valence-electron chi connectivity index (χ4n) is 6.64. The Morgan fingerprint density at radius 1 is 0.490 bits per heavy atom. The predicted octanol–water partition coefficient (Wildman–Crippen LogP) is 14.9. The zero-order valence-corrected chi connectivity index (χ0v) is 34.4. The number of hydrogen-bond acceptors (Lipinski definition) is 4. The number of allylic oxidation sites excluding steroid dienone is 6. The van der Waals surface area contributed by atoms with Crippen LogP contribution in [-0.2, 0) is 14.3 Å². The topological polar surface area (TPSA) is 55.8 Å². The summed E-state index contributed by atoms with van der Waals surface area (Å²) in [6.07, 6.45) is 56.5. The van der Waals surface area contributed by atoms with Crippen molar-refractivity contribution in [3.05, 3.63) is 36.5 Å². The van der Waals surface area contributed by atoms with E-state index in [0.29, 0.717) is 19.6 Å². The standard InChI is InChI=1S/C47H88O4/c1-3-5-7-9-11-13-15-17-19-21-22-23-24-25-26-27-28-30-32-34-36-38-40-42-47(49)51-46(44-48)45-50-43-41-39-37-35-33-31-29-20-18-16-14-12-10-8-6-4-2/h6,8,12,14,18,20,46,48H,3-5,7,9-11,13,15-17,19,21-45H2,1-2H3/b8-6-,14-12-,20-18-. The van der Waals surface area contributed by atoms with Crippen LogP contribution in [0.25, 0.3) is 0 Å². The van der Waals surface area contributed by atoms with E-state index in [0.717, 1.165) is 44.9 Å². The highest BCUT2D eigenvalue weighted by atomic mass is 16.6. The van der Waals surface area contributed by atoms with Crippen LogP contribution in [0.4, 0.5) is 0 Å². The predicted molar refractivity (Wildman–Crippen MR) is 224 cm³/mol. The van der Waals surface area contributed by atoms with Crippen LogP contribution in [0.2, 0.25) is 0 Å². The van der Waals surface area contributed by atoms with Crippen LogP contribution in [0.15, 0.2) is 36.5 Å². The van der Waals surface area contributed by atoms with Gasteiger partial charge in [0.25, 0.3) is 0 Å². The van der Waals surface area contributed by atoms with E-state index in [4.69, 9.17) is 9.47 Å². The van der Waals surface area contributed by atoms with Gasteiger partial charge in [-0.15, -0.1) is 0 Å². The lowest BCUT2D eigenvalue weighted by Crippen LogP contribution is -2.27. The van der Waals surface area contributed by atoms with Crippen molar-refractivity contribution in [1.82, 2.24) is 0 Å². The average Bonchev–Trinajstić information content (AvgIpc) is 3.14. The van der Waals surface area contributed by atoms with E-state index in [-0.39, 0.29) is 12.6 Å². The van der Waals surface area contributed by atoms with E-state index in [9.17, 15) is 9.90 Å². The molecule has 0 bridgehead atoms. The van der Waals surface area contributed by atoms with Gasteiger partial charge in [0.2, 0.25) is 0 Å². The van der Waals surface area contributed by atoms with E-state index in [1.807, 2.05) is 0 Å². The van der Waals surface area contributed by atoms with Crippen LogP contribution in [-0.4, -0.2) is 37.0 Å². The van der Waals surface area contributed by atoms with Crippen LogP contribution < -0.4 is 0 Å². The Hall–Kier alpha value is -1.39. The highest BCUT2D eigenvalue weighted by Crippen LogP contribution is 2.16. The molecule has 0 radical (unpaired) electrons. The van der Waals surface area contributed by atoms with Gasteiger partial charge in [0, 0.05) is 13.0 Å². The fraction of sp³-hybridized carbons (Fsp3) is 0.851. The molecule has 0 aliphatic heterocycles. The van der Waals surface area contributed by atoms with Gasteiger partial charge in [-0.2, -0.15) is 0 Å². The van der Waals surface area contributed by atoms with Crippen LogP contribution in [0.5, 0.6) is 0 Å². The summed E-state index contributed by atoms with van der Waals surface area (Å²) in [4.78, 5) is 12.2. The van der Waals surface area contributed by atoms with Gasteiger partial charge in [-0.3, -0.25) is 4.79 Å². The molecule has 0 saturated carbocycles. The Balaban J connectivity index is 3.39.